The summed E-state index contributed by atoms with van der Waals surface area (Å²) in [5.74, 6) is 0. The molecule has 0 spiro atoms. The van der Waals surface area contributed by atoms with E-state index < -0.39 is 0 Å². The first-order chi connectivity index (χ1) is 4.84. The molecule has 1 aliphatic carbocycles. The van der Waals surface area contributed by atoms with Crippen LogP contribution in [0.15, 0.2) is 0 Å². The molecule has 0 saturated heterocycles. The highest BCUT2D eigenvalue weighted by molar-refractivity contribution is 4.72. The van der Waals surface area contributed by atoms with Gasteiger partial charge in [0.25, 0.3) is 0 Å². The highest BCUT2D eigenvalue weighted by Crippen LogP contribution is 2.19. The van der Waals surface area contributed by atoms with Crippen molar-refractivity contribution in [3.05, 3.63) is 0 Å². The molecule has 0 aromatic heterocycles. The number of aliphatic hydroxyl groups excluding tert-OH is 1. The predicted octanol–water partition coefficient (Wildman–Crippen LogP) is 1.33. The fourth-order valence-corrected chi connectivity index (χ4v) is 1.53. The van der Waals surface area contributed by atoms with Crippen LogP contribution < -0.4 is 0 Å². The van der Waals surface area contributed by atoms with Crippen LogP contribution in [0.5, 0.6) is 0 Å². The summed E-state index contributed by atoms with van der Waals surface area (Å²) >= 11 is 0. The maximum Gasteiger partial charge on any atom is 0.0830 e. The first-order valence-corrected chi connectivity index (χ1v) is 4.05. The summed E-state index contributed by atoms with van der Waals surface area (Å²) in [5, 5.41) is 9.42. The van der Waals surface area contributed by atoms with Gasteiger partial charge in [0.1, 0.15) is 0 Å². The third kappa shape index (κ3) is 1.96. The highest BCUT2D eigenvalue weighted by atomic mass is 16.5. The van der Waals surface area contributed by atoms with Crippen molar-refractivity contribution in [2.45, 2.75) is 44.3 Å². The Kier molecular flexibility index (Phi) is 3.16. The average Bonchev–Trinajstić information content (AvgIpc) is 2.13. The molecule has 2 atom stereocenters. The lowest BCUT2D eigenvalue weighted by Gasteiger charge is -2.17. The van der Waals surface area contributed by atoms with E-state index in [0.717, 1.165) is 19.3 Å². The van der Waals surface area contributed by atoms with Crippen LogP contribution in [0.1, 0.15) is 32.1 Å². The molecular formula is C8H16O2. The number of aliphatic hydroxyl groups is 1. The molecule has 1 fully saturated rings. The Bertz CT molecular complexity index is 93.3. The van der Waals surface area contributed by atoms with Crippen LogP contribution in [0.25, 0.3) is 0 Å². The van der Waals surface area contributed by atoms with Crippen molar-refractivity contribution in [1.82, 2.24) is 0 Å². The summed E-state index contributed by atoms with van der Waals surface area (Å²) in [5.41, 5.74) is 0. The van der Waals surface area contributed by atoms with E-state index in [1.807, 2.05) is 0 Å². The van der Waals surface area contributed by atoms with E-state index in [9.17, 15) is 5.11 Å². The van der Waals surface area contributed by atoms with Crippen LogP contribution in [0.2, 0.25) is 0 Å². The van der Waals surface area contributed by atoms with E-state index in [0.29, 0.717) is 0 Å². The van der Waals surface area contributed by atoms with Gasteiger partial charge in [-0.3, -0.25) is 0 Å². The van der Waals surface area contributed by atoms with E-state index in [4.69, 9.17) is 4.74 Å². The van der Waals surface area contributed by atoms with E-state index in [-0.39, 0.29) is 12.2 Å². The summed E-state index contributed by atoms with van der Waals surface area (Å²) < 4.78 is 5.13. The number of hydrogen-bond donors (Lipinski definition) is 1. The molecule has 0 bridgehead atoms. The molecule has 2 nitrogen and oxygen atoms in total. The van der Waals surface area contributed by atoms with Gasteiger partial charge in [0, 0.05) is 7.11 Å². The molecule has 2 unspecified atom stereocenters. The Morgan fingerprint density at radius 1 is 1.20 bits per heavy atom. The second kappa shape index (κ2) is 3.94. The molecule has 0 aliphatic heterocycles. The van der Waals surface area contributed by atoms with Crippen molar-refractivity contribution in [2.24, 2.45) is 0 Å². The lowest BCUT2D eigenvalue weighted by atomic mass is 10.1. The Hall–Kier alpha value is -0.0800. The molecule has 60 valence electrons. The third-order valence-corrected chi connectivity index (χ3v) is 2.22. The lowest BCUT2D eigenvalue weighted by molar-refractivity contribution is -0.0148. The zero-order chi connectivity index (χ0) is 7.40. The minimum absolute atomic E-state index is 0.0995. The van der Waals surface area contributed by atoms with Crippen LogP contribution in [-0.4, -0.2) is 24.4 Å². The van der Waals surface area contributed by atoms with Gasteiger partial charge in [-0.25, -0.2) is 0 Å². The normalized spacial score (nSPS) is 35.4. The average molecular weight is 144 g/mol. The minimum atomic E-state index is -0.215. The monoisotopic (exact) mass is 144 g/mol. The molecule has 1 N–H and O–H groups in total. The van der Waals surface area contributed by atoms with Crippen LogP contribution >= 0.6 is 0 Å². The maximum absolute atomic E-state index is 9.42. The molecule has 1 rings (SSSR count). The van der Waals surface area contributed by atoms with Crippen molar-refractivity contribution in [3.8, 4) is 0 Å². The molecule has 1 aliphatic rings. The molecular weight excluding hydrogens is 128 g/mol. The van der Waals surface area contributed by atoms with Crippen molar-refractivity contribution in [3.63, 3.8) is 0 Å². The second-order valence-electron chi connectivity index (χ2n) is 2.98. The smallest absolute Gasteiger partial charge is 0.0830 e. The number of ether oxygens (including phenoxy) is 1. The van der Waals surface area contributed by atoms with Crippen LogP contribution in [0.4, 0.5) is 0 Å². The van der Waals surface area contributed by atoms with Crippen molar-refractivity contribution in [1.29, 1.82) is 0 Å². The van der Waals surface area contributed by atoms with Gasteiger partial charge in [-0.05, 0) is 12.8 Å². The van der Waals surface area contributed by atoms with Gasteiger partial charge in [-0.2, -0.15) is 0 Å². The largest absolute Gasteiger partial charge is 0.390 e. The van der Waals surface area contributed by atoms with Gasteiger partial charge < -0.3 is 9.84 Å². The Labute approximate surface area is 62.2 Å². The van der Waals surface area contributed by atoms with Crippen LogP contribution in [-0.2, 0) is 4.74 Å². The van der Waals surface area contributed by atoms with Gasteiger partial charge in [0.15, 0.2) is 0 Å². The summed E-state index contributed by atoms with van der Waals surface area (Å²) in [7, 11) is 1.68. The second-order valence-corrected chi connectivity index (χ2v) is 2.98. The molecule has 0 amide bonds. The van der Waals surface area contributed by atoms with E-state index >= 15 is 0 Å². The molecule has 1 saturated carbocycles. The predicted molar refractivity (Wildman–Crippen MR) is 39.9 cm³/mol. The van der Waals surface area contributed by atoms with E-state index in [2.05, 4.69) is 0 Å². The fourth-order valence-electron chi connectivity index (χ4n) is 1.53. The zero-order valence-electron chi connectivity index (χ0n) is 6.55. The number of methoxy groups -OCH3 is 1. The number of hydrogen-bond acceptors (Lipinski definition) is 2. The first-order valence-electron chi connectivity index (χ1n) is 4.05. The number of rotatable bonds is 1. The quantitative estimate of drug-likeness (QED) is 0.562. The Balaban J connectivity index is 2.35. The van der Waals surface area contributed by atoms with E-state index in [1.54, 1.807) is 7.11 Å². The lowest BCUT2D eigenvalue weighted by Crippen LogP contribution is -2.26. The zero-order valence-corrected chi connectivity index (χ0v) is 6.55. The summed E-state index contributed by atoms with van der Waals surface area (Å²) in [6, 6.07) is 0. The first kappa shape index (κ1) is 8.02. The topological polar surface area (TPSA) is 29.5 Å². The fraction of sp³-hybridized carbons (Fsp3) is 1.00. The van der Waals surface area contributed by atoms with Gasteiger partial charge in [-0.15, -0.1) is 0 Å². The standard InChI is InChI=1S/C8H16O2/c1-10-8-6-4-2-3-5-7(8)9/h7-9H,2-6H2,1H3. The van der Waals surface area contributed by atoms with Crippen molar-refractivity contribution < 1.29 is 9.84 Å². The molecule has 0 heterocycles. The van der Waals surface area contributed by atoms with E-state index in [1.165, 1.54) is 12.8 Å². The molecule has 2 heteroatoms. The summed E-state index contributed by atoms with van der Waals surface area (Å²) in [4.78, 5) is 0. The Morgan fingerprint density at radius 3 is 2.60 bits per heavy atom. The molecule has 0 radical (unpaired) electrons. The van der Waals surface area contributed by atoms with Crippen molar-refractivity contribution in [2.75, 3.05) is 7.11 Å². The van der Waals surface area contributed by atoms with Gasteiger partial charge in [-0.1, -0.05) is 19.3 Å². The molecule has 0 aromatic carbocycles. The Morgan fingerprint density at radius 2 is 1.90 bits per heavy atom. The molecule has 10 heavy (non-hydrogen) atoms. The summed E-state index contributed by atoms with van der Waals surface area (Å²) in [6.45, 7) is 0. The maximum atomic E-state index is 9.42. The summed E-state index contributed by atoms with van der Waals surface area (Å²) in [6.07, 6.45) is 5.43. The van der Waals surface area contributed by atoms with Crippen LogP contribution in [0, 0.1) is 0 Å². The van der Waals surface area contributed by atoms with Crippen LogP contribution in [0.3, 0.4) is 0 Å². The third-order valence-electron chi connectivity index (χ3n) is 2.22. The van der Waals surface area contributed by atoms with Gasteiger partial charge in [0.05, 0.1) is 12.2 Å². The minimum Gasteiger partial charge on any atom is -0.390 e. The molecule has 0 aromatic rings. The van der Waals surface area contributed by atoms with Gasteiger partial charge >= 0.3 is 0 Å². The van der Waals surface area contributed by atoms with Crippen molar-refractivity contribution >= 4 is 0 Å². The highest BCUT2D eigenvalue weighted by Gasteiger charge is 2.20. The SMILES string of the molecule is COC1CCCCCC1O. The van der Waals surface area contributed by atoms with Gasteiger partial charge in [0.2, 0.25) is 0 Å².